The SMILES string of the molecule is Cc1cccc([C@@H]2CCCN2S(=O)(=O)c2ccc(Br)s2)c1. The van der Waals surface area contributed by atoms with Crippen molar-refractivity contribution in [3.8, 4) is 0 Å². The predicted octanol–water partition coefficient (Wildman–Crippen LogP) is 4.34. The van der Waals surface area contributed by atoms with E-state index in [9.17, 15) is 8.42 Å². The number of benzene rings is 1. The van der Waals surface area contributed by atoms with Gasteiger partial charge in [0.1, 0.15) is 4.21 Å². The first-order chi connectivity index (χ1) is 9.98. The number of nitrogens with zero attached hydrogens (tertiary/aromatic N) is 1. The van der Waals surface area contributed by atoms with Gasteiger partial charge in [-0.15, -0.1) is 11.3 Å². The van der Waals surface area contributed by atoms with Gasteiger partial charge in [-0.3, -0.25) is 0 Å². The largest absolute Gasteiger partial charge is 0.253 e. The van der Waals surface area contributed by atoms with E-state index in [0.29, 0.717) is 10.8 Å². The van der Waals surface area contributed by atoms with E-state index in [0.717, 1.165) is 27.8 Å². The van der Waals surface area contributed by atoms with Gasteiger partial charge in [0.25, 0.3) is 10.0 Å². The molecule has 112 valence electrons. The zero-order valence-electron chi connectivity index (χ0n) is 11.6. The van der Waals surface area contributed by atoms with Crippen LogP contribution >= 0.6 is 27.3 Å². The Balaban J connectivity index is 1.97. The van der Waals surface area contributed by atoms with E-state index in [1.807, 2.05) is 25.1 Å². The van der Waals surface area contributed by atoms with Crippen LogP contribution in [0.25, 0.3) is 0 Å². The second-order valence-corrected chi connectivity index (χ2v) is 9.83. The summed E-state index contributed by atoms with van der Waals surface area (Å²) in [5, 5.41) is 0. The zero-order chi connectivity index (χ0) is 15.0. The van der Waals surface area contributed by atoms with Crippen molar-refractivity contribution in [2.75, 3.05) is 6.54 Å². The Hall–Kier alpha value is -0.690. The fraction of sp³-hybridized carbons (Fsp3) is 0.333. The molecule has 1 aromatic carbocycles. The Morgan fingerprint density at radius 1 is 1.29 bits per heavy atom. The summed E-state index contributed by atoms with van der Waals surface area (Å²) in [6.07, 6.45) is 1.79. The molecule has 3 rings (SSSR count). The number of halogens is 1. The minimum absolute atomic E-state index is 0.0456. The molecule has 21 heavy (non-hydrogen) atoms. The van der Waals surface area contributed by atoms with Crippen LogP contribution in [0.1, 0.15) is 30.0 Å². The molecule has 0 radical (unpaired) electrons. The van der Waals surface area contributed by atoms with Crippen LogP contribution in [-0.2, 0) is 10.0 Å². The summed E-state index contributed by atoms with van der Waals surface area (Å²) in [4.78, 5) is 0. The molecule has 2 heterocycles. The number of hydrogen-bond donors (Lipinski definition) is 0. The van der Waals surface area contributed by atoms with Gasteiger partial charge in [-0.25, -0.2) is 8.42 Å². The van der Waals surface area contributed by atoms with Crippen LogP contribution in [0.4, 0.5) is 0 Å². The average Bonchev–Trinajstić information content (AvgIpc) is 3.07. The molecule has 0 amide bonds. The fourth-order valence-electron chi connectivity index (χ4n) is 2.79. The van der Waals surface area contributed by atoms with Crippen LogP contribution in [0.15, 0.2) is 44.4 Å². The van der Waals surface area contributed by atoms with Gasteiger partial charge < -0.3 is 0 Å². The van der Waals surface area contributed by atoms with Crippen LogP contribution in [0.3, 0.4) is 0 Å². The summed E-state index contributed by atoms with van der Waals surface area (Å²) >= 11 is 4.61. The Bertz CT molecular complexity index is 755. The third-order valence-corrected chi connectivity index (χ3v) is 7.74. The van der Waals surface area contributed by atoms with Crippen LogP contribution < -0.4 is 0 Å². The second kappa shape index (κ2) is 5.83. The number of thiophene rings is 1. The first-order valence-corrected chi connectivity index (χ1v) is 9.87. The van der Waals surface area contributed by atoms with Crippen molar-refractivity contribution < 1.29 is 8.42 Å². The quantitative estimate of drug-likeness (QED) is 0.787. The molecular weight excluding hydrogens is 370 g/mol. The van der Waals surface area contributed by atoms with Gasteiger partial charge in [-0.05, 0) is 53.4 Å². The van der Waals surface area contributed by atoms with Crippen LogP contribution in [-0.4, -0.2) is 19.3 Å². The number of hydrogen-bond acceptors (Lipinski definition) is 3. The predicted molar refractivity (Wildman–Crippen MR) is 89.1 cm³/mol. The van der Waals surface area contributed by atoms with Crippen molar-refractivity contribution in [3.05, 3.63) is 51.3 Å². The summed E-state index contributed by atoms with van der Waals surface area (Å²) in [7, 11) is -3.41. The first-order valence-electron chi connectivity index (χ1n) is 6.82. The van der Waals surface area contributed by atoms with Crippen molar-refractivity contribution >= 4 is 37.3 Å². The Morgan fingerprint density at radius 2 is 2.10 bits per heavy atom. The van der Waals surface area contributed by atoms with Crippen LogP contribution in [0.2, 0.25) is 0 Å². The molecule has 1 aliphatic rings. The minimum Gasteiger partial charge on any atom is -0.206 e. The topological polar surface area (TPSA) is 37.4 Å². The van der Waals surface area contributed by atoms with E-state index in [1.165, 1.54) is 11.3 Å². The normalized spacial score (nSPS) is 20.0. The number of rotatable bonds is 3. The highest BCUT2D eigenvalue weighted by atomic mass is 79.9. The highest BCUT2D eigenvalue weighted by Crippen LogP contribution is 2.38. The van der Waals surface area contributed by atoms with Crippen LogP contribution in [0.5, 0.6) is 0 Å². The molecule has 0 spiro atoms. The van der Waals surface area contributed by atoms with E-state index in [-0.39, 0.29) is 6.04 Å². The van der Waals surface area contributed by atoms with Crippen molar-refractivity contribution in [3.63, 3.8) is 0 Å². The molecule has 0 saturated carbocycles. The number of sulfonamides is 1. The van der Waals surface area contributed by atoms with E-state index in [1.54, 1.807) is 16.4 Å². The highest BCUT2D eigenvalue weighted by molar-refractivity contribution is 9.11. The van der Waals surface area contributed by atoms with Crippen molar-refractivity contribution in [2.24, 2.45) is 0 Å². The van der Waals surface area contributed by atoms with Gasteiger partial charge in [0.15, 0.2) is 0 Å². The molecule has 0 unspecified atom stereocenters. The van der Waals surface area contributed by atoms with Gasteiger partial charge in [0.05, 0.1) is 9.83 Å². The van der Waals surface area contributed by atoms with E-state index >= 15 is 0 Å². The summed E-state index contributed by atoms with van der Waals surface area (Å²) in [5.41, 5.74) is 2.25. The van der Waals surface area contributed by atoms with Crippen molar-refractivity contribution in [2.45, 2.75) is 30.0 Å². The first kappa shape index (κ1) is 15.2. The maximum Gasteiger partial charge on any atom is 0.253 e. The Morgan fingerprint density at radius 3 is 2.76 bits per heavy atom. The highest BCUT2D eigenvalue weighted by Gasteiger charge is 2.36. The molecular formula is C15H16BrNO2S2. The number of aryl methyl sites for hydroxylation is 1. The molecule has 1 saturated heterocycles. The van der Waals surface area contributed by atoms with Gasteiger partial charge in [-0.2, -0.15) is 4.31 Å². The third kappa shape index (κ3) is 2.95. The standard InChI is InChI=1S/C15H16BrNO2S2/c1-11-4-2-5-12(10-11)13-6-3-9-17(13)21(18,19)15-8-7-14(16)20-15/h2,4-5,7-8,10,13H,3,6,9H2,1H3/t13-/m0/s1. The molecule has 0 N–H and O–H groups in total. The average molecular weight is 386 g/mol. The monoisotopic (exact) mass is 385 g/mol. The van der Waals surface area contributed by atoms with Gasteiger partial charge >= 0.3 is 0 Å². The fourth-order valence-corrected chi connectivity index (χ4v) is 6.61. The summed E-state index contributed by atoms with van der Waals surface area (Å²) < 4.78 is 28.6. The molecule has 3 nitrogen and oxygen atoms in total. The molecule has 0 bridgehead atoms. The Labute approximate surface area is 137 Å². The molecule has 0 aliphatic carbocycles. The third-order valence-electron chi connectivity index (χ3n) is 3.74. The second-order valence-electron chi connectivity index (χ2n) is 5.25. The molecule has 1 aromatic heterocycles. The summed E-state index contributed by atoms with van der Waals surface area (Å²) in [6.45, 7) is 2.63. The lowest BCUT2D eigenvalue weighted by molar-refractivity contribution is 0.398. The lowest BCUT2D eigenvalue weighted by atomic mass is 10.0. The maximum absolute atomic E-state index is 12.8. The molecule has 1 fully saturated rings. The lowest BCUT2D eigenvalue weighted by Crippen LogP contribution is -2.30. The van der Waals surface area contributed by atoms with Gasteiger partial charge in [0, 0.05) is 6.54 Å². The summed E-state index contributed by atoms with van der Waals surface area (Å²) in [6, 6.07) is 11.6. The van der Waals surface area contributed by atoms with Crippen LogP contribution in [0, 0.1) is 6.92 Å². The van der Waals surface area contributed by atoms with E-state index in [4.69, 9.17) is 0 Å². The lowest BCUT2D eigenvalue weighted by Gasteiger charge is -2.24. The maximum atomic E-state index is 12.8. The Kier molecular flexibility index (Phi) is 4.23. The van der Waals surface area contributed by atoms with Crippen molar-refractivity contribution in [1.29, 1.82) is 0 Å². The van der Waals surface area contributed by atoms with Crippen molar-refractivity contribution in [1.82, 2.24) is 4.31 Å². The zero-order valence-corrected chi connectivity index (χ0v) is 14.8. The summed E-state index contributed by atoms with van der Waals surface area (Å²) in [5.74, 6) is 0. The molecule has 1 atom stereocenters. The minimum atomic E-state index is -3.41. The van der Waals surface area contributed by atoms with E-state index < -0.39 is 10.0 Å². The molecule has 2 aromatic rings. The van der Waals surface area contributed by atoms with E-state index in [2.05, 4.69) is 22.0 Å². The smallest absolute Gasteiger partial charge is 0.206 e. The molecule has 1 aliphatic heterocycles. The van der Waals surface area contributed by atoms with Gasteiger partial charge in [0.2, 0.25) is 0 Å². The van der Waals surface area contributed by atoms with Gasteiger partial charge in [-0.1, -0.05) is 29.8 Å². The molecule has 6 heteroatoms.